The van der Waals surface area contributed by atoms with Crippen molar-refractivity contribution < 1.29 is 9.53 Å². The van der Waals surface area contributed by atoms with Crippen molar-refractivity contribution in [3.63, 3.8) is 0 Å². The van der Waals surface area contributed by atoms with E-state index in [-0.39, 0.29) is 0 Å². The fraction of sp³-hybridized carbons (Fsp3) is 0.571. The second kappa shape index (κ2) is 3.99. The molecule has 13 heavy (non-hydrogen) atoms. The van der Waals surface area contributed by atoms with Crippen molar-refractivity contribution in [2.75, 3.05) is 7.11 Å². The highest BCUT2D eigenvalue weighted by Gasteiger charge is 2.16. The van der Waals surface area contributed by atoms with E-state index in [1.54, 1.807) is 17.9 Å². The smallest absolute Gasteiger partial charge is 0.323 e. The van der Waals surface area contributed by atoms with E-state index in [4.69, 9.17) is 5.73 Å². The normalized spacial score (nSPS) is 12.5. The van der Waals surface area contributed by atoms with Crippen LogP contribution in [0.2, 0.25) is 0 Å². The van der Waals surface area contributed by atoms with Crippen molar-refractivity contribution in [1.29, 1.82) is 0 Å². The van der Waals surface area contributed by atoms with Gasteiger partial charge in [0.25, 0.3) is 0 Å². The van der Waals surface area contributed by atoms with Crippen LogP contribution in [0.4, 0.5) is 0 Å². The topological polar surface area (TPSA) is 83.0 Å². The van der Waals surface area contributed by atoms with Crippen molar-refractivity contribution in [3.05, 3.63) is 12.2 Å². The average molecular weight is 184 g/mol. The van der Waals surface area contributed by atoms with Gasteiger partial charge in [0, 0.05) is 13.5 Å². The lowest BCUT2D eigenvalue weighted by atomic mass is 10.2. The Labute approximate surface area is 75.7 Å². The molecule has 0 fully saturated rings. The van der Waals surface area contributed by atoms with Gasteiger partial charge in [0.1, 0.15) is 18.2 Å². The van der Waals surface area contributed by atoms with E-state index in [2.05, 4.69) is 14.9 Å². The van der Waals surface area contributed by atoms with E-state index >= 15 is 0 Å². The molecule has 72 valence electrons. The van der Waals surface area contributed by atoms with Crippen molar-refractivity contribution in [2.45, 2.75) is 12.5 Å². The molecule has 1 aromatic heterocycles. The molecule has 0 aliphatic heterocycles. The van der Waals surface area contributed by atoms with Crippen molar-refractivity contribution in [1.82, 2.24) is 14.8 Å². The van der Waals surface area contributed by atoms with Gasteiger partial charge < -0.3 is 15.0 Å². The largest absolute Gasteiger partial charge is 0.468 e. The predicted molar refractivity (Wildman–Crippen MR) is 44.7 cm³/mol. The second-order valence-electron chi connectivity index (χ2n) is 2.69. The summed E-state index contributed by atoms with van der Waals surface area (Å²) in [6.45, 7) is 0. The summed E-state index contributed by atoms with van der Waals surface area (Å²) < 4.78 is 6.19. The molecule has 0 aliphatic carbocycles. The van der Waals surface area contributed by atoms with E-state index in [9.17, 15) is 4.79 Å². The maximum atomic E-state index is 10.9. The first kappa shape index (κ1) is 9.66. The molecule has 6 nitrogen and oxygen atoms in total. The molecule has 0 saturated heterocycles. The summed E-state index contributed by atoms with van der Waals surface area (Å²) in [5.74, 6) is 0.223. The molecule has 0 bridgehead atoms. The number of methoxy groups -OCH3 is 1. The highest BCUT2D eigenvalue weighted by atomic mass is 16.5. The number of carbonyl (C=O) groups excluding carboxylic acids is 1. The molecule has 1 unspecified atom stereocenters. The molecule has 0 spiro atoms. The van der Waals surface area contributed by atoms with Crippen LogP contribution in [0.25, 0.3) is 0 Å². The maximum Gasteiger partial charge on any atom is 0.323 e. The molecule has 0 aromatic carbocycles. The zero-order chi connectivity index (χ0) is 9.84. The molecule has 1 atom stereocenters. The van der Waals surface area contributed by atoms with E-state index in [1.807, 2.05) is 0 Å². The number of hydrogen-bond acceptors (Lipinski definition) is 5. The van der Waals surface area contributed by atoms with Gasteiger partial charge >= 0.3 is 5.97 Å². The molecule has 0 amide bonds. The number of aryl methyl sites for hydroxylation is 1. The summed E-state index contributed by atoms with van der Waals surface area (Å²) in [4.78, 5) is 10.9. The molecule has 0 radical (unpaired) electrons. The number of aromatic nitrogens is 3. The number of rotatable bonds is 3. The lowest BCUT2D eigenvalue weighted by Crippen LogP contribution is -2.34. The molecule has 6 heteroatoms. The quantitative estimate of drug-likeness (QED) is 0.600. The van der Waals surface area contributed by atoms with Crippen LogP contribution in [-0.4, -0.2) is 33.9 Å². The number of hydrogen-bond donors (Lipinski definition) is 1. The van der Waals surface area contributed by atoms with Crippen molar-refractivity contribution in [3.8, 4) is 0 Å². The zero-order valence-electron chi connectivity index (χ0n) is 7.60. The highest BCUT2D eigenvalue weighted by molar-refractivity contribution is 5.75. The van der Waals surface area contributed by atoms with Gasteiger partial charge in [0.15, 0.2) is 0 Å². The summed E-state index contributed by atoms with van der Waals surface area (Å²) in [6.07, 6.45) is 1.89. The number of nitrogens with zero attached hydrogens (tertiary/aromatic N) is 3. The molecular formula is C7H12N4O2. The van der Waals surface area contributed by atoms with Gasteiger partial charge in [0.05, 0.1) is 7.11 Å². The predicted octanol–water partition coefficient (Wildman–Crippen LogP) is -1.14. The van der Waals surface area contributed by atoms with E-state index in [0.29, 0.717) is 12.2 Å². The van der Waals surface area contributed by atoms with E-state index in [1.165, 1.54) is 7.11 Å². The highest BCUT2D eigenvalue weighted by Crippen LogP contribution is 1.97. The lowest BCUT2D eigenvalue weighted by molar-refractivity contribution is -0.142. The van der Waals surface area contributed by atoms with Crippen LogP contribution in [-0.2, 0) is 23.0 Å². The Morgan fingerprint density at radius 1 is 1.85 bits per heavy atom. The van der Waals surface area contributed by atoms with Crippen LogP contribution in [0.1, 0.15) is 5.82 Å². The minimum atomic E-state index is -0.673. The molecule has 2 N–H and O–H groups in total. The van der Waals surface area contributed by atoms with E-state index < -0.39 is 12.0 Å². The number of carbonyl (C=O) groups is 1. The summed E-state index contributed by atoms with van der Waals surface area (Å²) in [6, 6.07) is -0.673. The van der Waals surface area contributed by atoms with Gasteiger partial charge in [-0.25, -0.2) is 0 Å². The standard InChI is InChI=1S/C7H12N4O2/c1-11-4-9-10-6(11)3-5(8)7(12)13-2/h4-5H,3,8H2,1-2H3. The summed E-state index contributed by atoms with van der Waals surface area (Å²) in [7, 11) is 3.10. The lowest BCUT2D eigenvalue weighted by Gasteiger charge is -2.07. The summed E-state index contributed by atoms with van der Waals surface area (Å²) in [5.41, 5.74) is 5.53. The van der Waals surface area contributed by atoms with Crippen LogP contribution in [0.5, 0.6) is 0 Å². The Kier molecular flexibility index (Phi) is 2.97. The van der Waals surface area contributed by atoms with Gasteiger partial charge in [-0.2, -0.15) is 0 Å². The number of ether oxygens (including phenoxy) is 1. The molecule has 1 heterocycles. The van der Waals surface area contributed by atoms with Gasteiger partial charge in [0.2, 0.25) is 0 Å². The molecule has 0 saturated carbocycles. The molecule has 0 aliphatic rings. The third-order valence-corrected chi connectivity index (χ3v) is 1.71. The SMILES string of the molecule is COC(=O)C(N)Cc1nncn1C. The first-order valence-corrected chi connectivity index (χ1v) is 3.81. The first-order valence-electron chi connectivity index (χ1n) is 3.81. The van der Waals surface area contributed by atoms with Gasteiger partial charge in [-0.05, 0) is 0 Å². The Morgan fingerprint density at radius 3 is 3.00 bits per heavy atom. The van der Waals surface area contributed by atoms with Crippen LogP contribution in [0.3, 0.4) is 0 Å². The molecular weight excluding hydrogens is 172 g/mol. The Bertz CT molecular complexity index is 296. The van der Waals surface area contributed by atoms with Gasteiger partial charge in [-0.15, -0.1) is 10.2 Å². The van der Waals surface area contributed by atoms with E-state index in [0.717, 1.165) is 0 Å². The summed E-state index contributed by atoms with van der Waals surface area (Å²) >= 11 is 0. The minimum absolute atomic E-state index is 0.336. The second-order valence-corrected chi connectivity index (χ2v) is 2.69. The fourth-order valence-corrected chi connectivity index (χ4v) is 0.923. The van der Waals surface area contributed by atoms with Crippen molar-refractivity contribution in [2.24, 2.45) is 12.8 Å². The maximum absolute atomic E-state index is 10.9. The average Bonchev–Trinajstić information content (AvgIpc) is 2.50. The molecule has 1 aromatic rings. The number of esters is 1. The Balaban J connectivity index is 2.59. The van der Waals surface area contributed by atoms with Crippen molar-refractivity contribution >= 4 is 5.97 Å². The zero-order valence-corrected chi connectivity index (χ0v) is 7.60. The first-order chi connectivity index (χ1) is 6.15. The Hall–Kier alpha value is -1.43. The minimum Gasteiger partial charge on any atom is -0.468 e. The van der Waals surface area contributed by atoms with Gasteiger partial charge in [-0.3, -0.25) is 4.79 Å². The Morgan fingerprint density at radius 2 is 2.54 bits per heavy atom. The van der Waals surface area contributed by atoms with Crippen LogP contribution in [0.15, 0.2) is 6.33 Å². The fourth-order valence-electron chi connectivity index (χ4n) is 0.923. The molecule has 1 rings (SSSR count). The van der Waals surface area contributed by atoms with Gasteiger partial charge in [-0.1, -0.05) is 0 Å². The third-order valence-electron chi connectivity index (χ3n) is 1.71. The summed E-state index contributed by atoms with van der Waals surface area (Å²) in [5, 5.41) is 7.46. The van der Waals surface area contributed by atoms with Crippen LogP contribution < -0.4 is 5.73 Å². The van der Waals surface area contributed by atoms with Crippen LogP contribution >= 0.6 is 0 Å². The number of nitrogens with two attached hydrogens (primary N) is 1. The van der Waals surface area contributed by atoms with Crippen LogP contribution in [0, 0.1) is 0 Å². The monoisotopic (exact) mass is 184 g/mol. The third kappa shape index (κ3) is 2.25.